The smallest absolute Gasteiger partial charge is 0.322 e. The number of aromatic nitrogens is 3. The monoisotopic (exact) mass is 379 g/mol. The van der Waals surface area contributed by atoms with Crippen LogP contribution in [0.4, 0.5) is 10.5 Å². The Bertz CT molecular complexity index is 921. The number of hydrogen-bond donors (Lipinski definition) is 2. The van der Waals surface area contributed by atoms with Gasteiger partial charge < -0.3 is 15.3 Å². The Hall–Kier alpha value is -2.93. The summed E-state index contributed by atoms with van der Waals surface area (Å²) in [6.07, 6.45) is 8.05. The first-order chi connectivity index (χ1) is 13.7. The average Bonchev–Trinajstić information content (AvgIpc) is 3.23. The zero-order valence-electron chi connectivity index (χ0n) is 15.7. The second kappa shape index (κ2) is 8.39. The van der Waals surface area contributed by atoms with Crippen LogP contribution in [0.5, 0.6) is 0 Å². The average molecular weight is 379 g/mol. The molecule has 2 aromatic heterocycles. The molecule has 7 heteroatoms. The van der Waals surface area contributed by atoms with E-state index in [1.807, 2.05) is 48.7 Å². The summed E-state index contributed by atoms with van der Waals surface area (Å²) < 4.78 is 1.76. The summed E-state index contributed by atoms with van der Waals surface area (Å²) in [5, 5.41) is 21.7. The Morgan fingerprint density at radius 2 is 1.96 bits per heavy atom. The number of rotatable bonds is 5. The summed E-state index contributed by atoms with van der Waals surface area (Å²) in [6, 6.07) is 13.1. The number of benzene rings is 1. The highest BCUT2D eigenvalue weighted by Gasteiger charge is 2.28. The van der Waals surface area contributed by atoms with Crippen LogP contribution in [0, 0.1) is 0 Å². The van der Waals surface area contributed by atoms with Crippen molar-refractivity contribution in [3.63, 3.8) is 0 Å². The third-order valence-corrected chi connectivity index (χ3v) is 5.40. The van der Waals surface area contributed by atoms with Crippen molar-refractivity contribution < 1.29 is 9.90 Å². The van der Waals surface area contributed by atoms with Crippen molar-refractivity contribution in [2.24, 2.45) is 0 Å². The summed E-state index contributed by atoms with van der Waals surface area (Å²) in [4.78, 5) is 15.0. The topological polar surface area (TPSA) is 82.8 Å². The van der Waals surface area contributed by atoms with Crippen molar-refractivity contribution in [3.8, 4) is 0 Å². The lowest BCUT2D eigenvalue weighted by atomic mass is 9.94. The molecule has 0 saturated heterocycles. The van der Waals surface area contributed by atoms with Crippen molar-refractivity contribution >= 4 is 17.4 Å². The number of aliphatic hydroxyl groups excluding tert-OH is 1. The van der Waals surface area contributed by atoms with E-state index < -0.39 is 6.10 Å². The molecule has 1 saturated carbocycles. The van der Waals surface area contributed by atoms with Gasteiger partial charge in [-0.2, -0.15) is 0 Å². The van der Waals surface area contributed by atoms with E-state index in [0.29, 0.717) is 11.3 Å². The summed E-state index contributed by atoms with van der Waals surface area (Å²) in [6.45, 7) is 0.260. The number of aliphatic hydroxyl groups is 1. The van der Waals surface area contributed by atoms with Crippen molar-refractivity contribution in [2.45, 2.75) is 44.2 Å². The fraction of sp³-hybridized carbons (Fsp3) is 0.381. The van der Waals surface area contributed by atoms with E-state index in [1.165, 1.54) is 6.42 Å². The second-order valence-corrected chi connectivity index (χ2v) is 7.28. The maximum Gasteiger partial charge on any atom is 0.322 e. The number of carbonyl (C=O) groups is 1. The maximum atomic E-state index is 13.2. The third kappa shape index (κ3) is 3.99. The quantitative estimate of drug-likeness (QED) is 0.709. The predicted octanol–water partition coefficient (Wildman–Crippen LogP) is 3.63. The predicted molar refractivity (Wildman–Crippen MR) is 107 cm³/mol. The summed E-state index contributed by atoms with van der Waals surface area (Å²) >= 11 is 0. The molecular formula is C21H25N5O2. The molecule has 28 heavy (non-hydrogen) atoms. The van der Waals surface area contributed by atoms with Crippen molar-refractivity contribution in [2.75, 3.05) is 11.9 Å². The normalized spacial score (nSPS) is 16.0. The van der Waals surface area contributed by atoms with Gasteiger partial charge in [0.2, 0.25) is 0 Å². The molecule has 2 N–H and O–H groups in total. The second-order valence-electron chi connectivity index (χ2n) is 7.28. The van der Waals surface area contributed by atoms with Gasteiger partial charge in [0.05, 0.1) is 18.3 Å². The molecule has 1 unspecified atom stereocenters. The zero-order valence-corrected chi connectivity index (χ0v) is 15.7. The maximum absolute atomic E-state index is 13.2. The molecule has 0 spiro atoms. The highest BCUT2D eigenvalue weighted by atomic mass is 16.3. The van der Waals surface area contributed by atoms with Gasteiger partial charge in [-0.05, 0) is 30.5 Å². The van der Waals surface area contributed by atoms with Gasteiger partial charge in [0.1, 0.15) is 6.33 Å². The Labute approximate surface area is 164 Å². The first-order valence-corrected chi connectivity index (χ1v) is 9.81. The highest BCUT2D eigenvalue weighted by Crippen LogP contribution is 2.26. The van der Waals surface area contributed by atoms with E-state index in [1.54, 1.807) is 15.6 Å². The lowest BCUT2D eigenvalue weighted by Gasteiger charge is -2.35. The van der Waals surface area contributed by atoms with Crippen LogP contribution in [0.15, 0.2) is 55.0 Å². The van der Waals surface area contributed by atoms with Crippen LogP contribution < -0.4 is 5.32 Å². The van der Waals surface area contributed by atoms with Crippen LogP contribution in [0.3, 0.4) is 0 Å². The zero-order chi connectivity index (χ0) is 19.3. The third-order valence-electron chi connectivity index (χ3n) is 5.40. The SMILES string of the molecule is O=C(Nc1cccn2cnnc12)N(CC(O)c1ccccc1)C1CCCCC1. The molecule has 1 atom stereocenters. The standard InChI is InChI=1S/C21H25N5O2/c27-19(16-8-3-1-4-9-16)14-26(17-10-5-2-6-11-17)21(28)23-18-12-7-13-25-15-22-24-20(18)25/h1,3-4,7-9,12-13,15,17,19,27H,2,5-6,10-11,14H2,(H,23,28). The number of hydrogen-bond acceptors (Lipinski definition) is 4. The Morgan fingerprint density at radius 1 is 1.18 bits per heavy atom. The van der Waals surface area contributed by atoms with Crippen molar-refractivity contribution in [3.05, 3.63) is 60.6 Å². The molecule has 0 radical (unpaired) electrons. The van der Waals surface area contributed by atoms with E-state index >= 15 is 0 Å². The summed E-state index contributed by atoms with van der Waals surface area (Å²) in [7, 11) is 0. The lowest BCUT2D eigenvalue weighted by Crippen LogP contribution is -2.46. The van der Waals surface area contributed by atoms with Crippen LogP contribution in [0.2, 0.25) is 0 Å². The Balaban J connectivity index is 1.55. The van der Waals surface area contributed by atoms with E-state index in [-0.39, 0.29) is 18.6 Å². The first-order valence-electron chi connectivity index (χ1n) is 9.81. The molecule has 146 valence electrons. The van der Waals surface area contributed by atoms with E-state index in [4.69, 9.17) is 0 Å². The largest absolute Gasteiger partial charge is 0.387 e. The molecule has 3 aromatic rings. The molecule has 0 aliphatic heterocycles. The molecular weight excluding hydrogens is 354 g/mol. The van der Waals surface area contributed by atoms with E-state index in [9.17, 15) is 9.90 Å². The van der Waals surface area contributed by atoms with Crippen LogP contribution in [0.1, 0.15) is 43.8 Å². The molecule has 1 aromatic carbocycles. The van der Waals surface area contributed by atoms with Gasteiger partial charge >= 0.3 is 6.03 Å². The summed E-state index contributed by atoms with van der Waals surface area (Å²) in [5.41, 5.74) is 2.03. The number of pyridine rings is 1. The number of urea groups is 1. The van der Waals surface area contributed by atoms with Crippen LogP contribution in [-0.2, 0) is 0 Å². The number of amides is 2. The molecule has 2 amide bonds. The van der Waals surface area contributed by atoms with Gasteiger partial charge in [-0.1, -0.05) is 49.6 Å². The number of nitrogens with one attached hydrogen (secondary N) is 1. The molecule has 0 bridgehead atoms. The van der Waals surface area contributed by atoms with Gasteiger partial charge in [-0.3, -0.25) is 4.40 Å². The summed E-state index contributed by atoms with van der Waals surface area (Å²) in [5.74, 6) is 0. The molecule has 4 rings (SSSR count). The number of anilines is 1. The Morgan fingerprint density at radius 3 is 2.75 bits per heavy atom. The fourth-order valence-electron chi connectivity index (χ4n) is 3.89. The molecule has 1 fully saturated rings. The van der Waals surface area contributed by atoms with Gasteiger partial charge in [0, 0.05) is 12.2 Å². The van der Waals surface area contributed by atoms with Crippen molar-refractivity contribution in [1.29, 1.82) is 0 Å². The Kier molecular flexibility index (Phi) is 5.53. The minimum atomic E-state index is -0.724. The fourth-order valence-corrected chi connectivity index (χ4v) is 3.89. The van der Waals surface area contributed by atoms with Gasteiger partial charge in [0.25, 0.3) is 0 Å². The first kappa shape index (κ1) is 18.4. The van der Waals surface area contributed by atoms with Gasteiger partial charge in [-0.25, -0.2) is 4.79 Å². The molecule has 7 nitrogen and oxygen atoms in total. The highest BCUT2D eigenvalue weighted by molar-refractivity contribution is 5.93. The van der Waals surface area contributed by atoms with Gasteiger partial charge in [0.15, 0.2) is 5.65 Å². The van der Waals surface area contributed by atoms with Crippen LogP contribution in [0.25, 0.3) is 5.65 Å². The van der Waals surface area contributed by atoms with Crippen LogP contribution in [-0.4, -0.2) is 43.2 Å². The number of carbonyl (C=O) groups excluding carboxylic acids is 1. The van der Waals surface area contributed by atoms with E-state index in [2.05, 4.69) is 15.5 Å². The molecule has 1 aliphatic carbocycles. The van der Waals surface area contributed by atoms with E-state index in [0.717, 1.165) is 31.2 Å². The lowest BCUT2D eigenvalue weighted by molar-refractivity contribution is 0.0957. The van der Waals surface area contributed by atoms with Crippen molar-refractivity contribution in [1.82, 2.24) is 19.5 Å². The minimum absolute atomic E-state index is 0.129. The molecule has 1 aliphatic rings. The minimum Gasteiger partial charge on any atom is -0.387 e. The number of fused-ring (bicyclic) bond motifs is 1. The number of nitrogens with zero attached hydrogens (tertiary/aromatic N) is 4. The van der Waals surface area contributed by atoms with Gasteiger partial charge in [-0.15, -0.1) is 10.2 Å². The molecule has 2 heterocycles. The van der Waals surface area contributed by atoms with Crippen LogP contribution >= 0.6 is 0 Å².